The Morgan fingerprint density at radius 1 is 1.32 bits per heavy atom. The molecule has 1 aromatic carbocycles. The highest BCUT2D eigenvalue weighted by molar-refractivity contribution is 6.00. The fourth-order valence-corrected chi connectivity index (χ4v) is 2.01. The van der Waals surface area contributed by atoms with Gasteiger partial charge in [0.25, 0.3) is 11.8 Å². The minimum atomic E-state index is -2.95. The molecule has 0 saturated carbocycles. The van der Waals surface area contributed by atoms with Crippen molar-refractivity contribution < 1.29 is 23.0 Å². The highest BCUT2D eigenvalue weighted by atomic mass is 19.3. The van der Waals surface area contributed by atoms with Gasteiger partial charge in [0.15, 0.2) is 11.5 Å². The van der Waals surface area contributed by atoms with Gasteiger partial charge in [-0.15, -0.1) is 0 Å². The first-order valence-corrected chi connectivity index (χ1v) is 8.38. The van der Waals surface area contributed by atoms with Crippen LogP contribution in [0.1, 0.15) is 50.4 Å². The zero-order chi connectivity index (χ0) is 18.9. The quantitative estimate of drug-likeness (QED) is 0.500. The summed E-state index contributed by atoms with van der Waals surface area (Å²) in [6.45, 7) is 4.90. The fraction of sp³-hybridized carbons (Fsp3) is 0.556. The van der Waals surface area contributed by atoms with Gasteiger partial charge in [0.1, 0.15) is 0 Å². The Kier molecular flexibility index (Phi) is 8.31. The molecule has 1 rings (SSSR count). The number of hydrogen-bond donors (Lipinski definition) is 1. The van der Waals surface area contributed by atoms with E-state index in [1.54, 1.807) is 13.0 Å². The summed E-state index contributed by atoms with van der Waals surface area (Å²) in [5.74, 6) is -2.75. The number of carbonyl (C=O) groups is 1. The van der Waals surface area contributed by atoms with Crippen LogP contribution in [0.3, 0.4) is 0 Å². The number of aliphatic imine (C=N–C) groups is 1. The van der Waals surface area contributed by atoms with Crippen LogP contribution in [0.15, 0.2) is 17.1 Å². The predicted molar refractivity (Wildman–Crippen MR) is 94.8 cm³/mol. The van der Waals surface area contributed by atoms with Crippen molar-refractivity contribution >= 4 is 17.8 Å². The van der Waals surface area contributed by atoms with Crippen LogP contribution in [0.5, 0.6) is 11.5 Å². The summed E-state index contributed by atoms with van der Waals surface area (Å²) in [5, 5.41) is 2.25. The Labute approximate surface area is 147 Å². The Balaban J connectivity index is 3.09. The molecule has 7 heteroatoms. The number of amides is 1. The second kappa shape index (κ2) is 9.96. The number of methoxy groups -OCH3 is 1. The van der Waals surface area contributed by atoms with Crippen molar-refractivity contribution in [2.75, 3.05) is 20.3 Å². The third kappa shape index (κ3) is 6.32. The number of rotatable bonds is 10. The summed E-state index contributed by atoms with van der Waals surface area (Å²) >= 11 is 0. The molecule has 0 aliphatic heterocycles. The van der Waals surface area contributed by atoms with Crippen LogP contribution < -0.4 is 14.8 Å². The average Bonchev–Trinajstić information content (AvgIpc) is 2.60. The van der Waals surface area contributed by atoms with Crippen LogP contribution >= 0.6 is 0 Å². The molecule has 0 radical (unpaired) electrons. The molecule has 0 aromatic heterocycles. The lowest BCUT2D eigenvalue weighted by atomic mass is 10.1. The van der Waals surface area contributed by atoms with Crippen molar-refractivity contribution in [3.05, 3.63) is 17.7 Å². The minimum absolute atomic E-state index is 0.157. The van der Waals surface area contributed by atoms with Crippen molar-refractivity contribution in [2.24, 2.45) is 4.99 Å². The van der Waals surface area contributed by atoms with Gasteiger partial charge >= 0.3 is 0 Å². The molecule has 0 aliphatic carbocycles. The van der Waals surface area contributed by atoms with Gasteiger partial charge in [0.05, 0.1) is 31.5 Å². The third-order valence-electron chi connectivity index (χ3n) is 3.58. The van der Waals surface area contributed by atoms with Crippen LogP contribution in [0.4, 0.5) is 14.5 Å². The summed E-state index contributed by atoms with van der Waals surface area (Å²) in [5.41, 5.74) is 0.497. The van der Waals surface area contributed by atoms with E-state index in [9.17, 15) is 13.6 Å². The number of carbonyl (C=O) groups excluding carboxylic acids is 1. The van der Waals surface area contributed by atoms with E-state index in [1.165, 1.54) is 26.3 Å². The zero-order valence-electron chi connectivity index (χ0n) is 15.2. The molecule has 0 spiro atoms. The summed E-state index contributed by atoms with van der Waals surface area (Å²) in [6, 6.07) is 3.05. The van der Waals surface area contributed by atoms with E-state index < -0.39 is 18.4 Å². The lowest BCUT2D eigenvalue weighted by Gasteiger charge is -2.17. The maximum absolute atomic E-state index is 13.4. The lowest BCUT2D eigenvalue weighted by molar-refractivity contribution is -0.00101. The van der Waals surface area contributed by atoms with E-state index in [-0.39, 0.29) is 12.0 Å². The largest absolute Gasteiger partial charge is 0.493 e. The van der Waals surface area contributed by atoms with Crippen LogP contribution in [-0.2, 0) is 0 Å². The highest BCUT2D eigenvalue weighted by Gasteiger charge is 2.27. The van der Waals surface area contributed by atoms with E-state index in [1.807, 2.05) is 6.92 Å². The monoisotopic (exact) mass is 356 g/mol. The molecule has 0 atom stereocenters. The SMILES string of the molecule is C/C=N\c1cc(OCCCC)c(OC)cc1C(=O)NCC(F)(F)CC. The Hall–Kier alpha value is -2.18. The van der Waals surface area contributed by atoms with Gasteiger partial charge in [0.2, 0.25) is 0 Å². The van der Waals surface area contributed by atoms with Crippen LogP contribution in [0, 0.1) is 0 Å². The number of benzene rings is 1. The fourth-order valence-electron chi connectivity index (χ4n) is 2.01. The van der Waals surface area contributed by atoms with Crippen molar-refractivity contribution in [3.8, 4) is 11.5 Å². The van der Waals surface area contributed by atoms with E-state index >= 15 is 0 Å². The van der Waals surface area contributed by atoms with Gasteiger partial charge in [-0.1, -0.05) is 20.3 Å². The Bertz CT molecular complexity index is 604. The normalized spacial score (nSPS) is 11.6. The molecule has 0 heterocycles. The van der Waals surface area contributed by atoms with Gasteiger partial charge in [0, 0.05) is 18.7 Å². The maximum Gasteiger partial charge on any atom is 0.264 e. The van der Waals surface area contributed by atoms with Crippen molar-refractivity contribution in [2.45, 2.75) is 46.0 Å². The van der Waals surface area contributed by atoms with Gasteiger partial charge in [-0.3, -0.25) is 9.79 Å². The van der Waals surface area contributed by atoms with Crippen LogP contribution in [0.2, 0.25) is 0 Å². The second-order valence-corrected chi connectivity index (χ2v) is 5.50. The molecule has 1 amide bonds. The molecule has 0 unspecified atom stereocenters. The second-order valence-electron chi connectivity index (χ2n) is 5.50. The first-order valence-electron chi connectivity index (χ1n) is 8.38. The van der Waals surface area contributed by atoms with Gasteiger partial charge in [-0.25, -0.2) is 8.78 Å². The number of halogens is 2. The molecule has 0 bridgehead atoms. The van der Waals surface area contributed by atoms with Crippen molar-refractivity contribution in [1.29, 1.82) is 0 Å². The van der Waals surface area contributed by atoms with Crippen LogP contribution in [0.25, 0.3) is 0 Å². The Morgan fingerprint density at radius 2 is 2.04 bits per heavy atom. The maximum atomic E-state index is 13.4. The standard InChI is InChI=1S/C18H26F2N2O3/c1-5-8-9-25-16-11-14(21-7-3)13(10-15(16)24-4)17(23)22-12-18(19,20)6-2/h7,10-11H,5-6,8-9,12H2,1-4H3,(H,22,23)/b21-7-. The van der Waals surface area contributed by atoms with E-state index in [0.717, 1.165) is 12.8 Å². The van der Waals surface area contributed by atoms with E-state index in [0.29, 0.717) is 23.8 Å². The molecular weight excluding hydrogens is 330 g/mol. The topological polar surface area (TPSA) is 59.9 Å². The van der Waals surface area contributed by atoms with E-state index in [2.05, 4.69) is 10.3 Å². The molecule has 0 saturated heterocycles. The number of nitrogens with one attached hydrogen (secondary N) is 1. The Morgan fingerprint density at radius 3 is 2.60 bits per heavy atom. The van der Waals surface area contributed by atoms with E-state index in [4.69, 9.17) is 9.47 Å². The smallest absolute Gasteiger partial charge is 0.264 e. The summed E-state index contributed by atoms with van der Waals surface area (Å²) in [6.07, 6.45) is 3.04. The molecule has 25 heavy (non-hydrogen) atoms. The number of hydrogen-bond acceptors (Lipinski definition) is 4. The number of unbranched alkanes of at least 4 members (excludes halogenated alkanes) is 1. The molecule has 1 aromatic rings. The summed E-state index contributed by atoms with van der Waals surface area (Å²) < 4.78 is 37.7. The number of nitrogens with zero attached hydrogens (tertiary/aromatic N) is 1. The summed E-state index contributed by atoms with van der Waals surface area (Å²) in [4.78, 5) is 16.5. The molecule has 0 aliphatic rings. The van der Waals surface area contributed by atoms with Crippen LogP contribution in [-0.4, -0.2) is 38.3 Å². The van der Waals surface area contributed by atoms with Gasteiger partial charge in [-0.05, 0) is 19.4 Å². The highest BCUT2D eigenvalue weighted by Crippen LogP contribution is 2.35. The molecule has 0 fully saturated rings. The van der Waals surface area contributed by atoms with Crippen molar-refractivity contribution in [3.63, 3.8) is 0 Å². The van der Waals surface area contributed by atoms with Gasteiger partial charge in [-0.2, -0.15) is 0 Å². The average molecular weight is 356 g/mol. The molecule has 1 N–H and O–H groups in total. The summed E-state index contributed by atoms with van der Waals surface area (Å²) in [7, 11) is 1.46. The predicted octanol–water partition coefficient (Wildman–Crippen LogP) is 4.37. The van der Waals surface area contributed by atoms with Gasteiger partial charge < -0.3 is 14.8 Å². The first-order chi connectivity index (χ1) is 11.9. The zero-order valence-corrected chi connectivity index (χ0v) is 15.2. The number of alkyl halides is 2. The molecular formula is C18H26F2N2O3. The third-order valence-corrected chi connectivity index (χ3v) is 3.58. The lowest BCUT2D eigenvalue weighted by Crippen LogP contribution is -2.36. The van der Waals surface area contributed by atoms with Crippen molar-refractivity contribution in [1.82, 2.24) is 5.32 Å². The molecule has 140 valence electrons. The molecule has 5 nitrogen and oxygen atoms in total. The minimum Gasteiger partial charge on any atom is -0.493 e. The first kappa shape index (κ1) is 20.9. The number of ether oxygens (including phenoxy) is 2.